The highest BCUT2D eigenvalue weighted by molar-refractivity contribution is 5.95. The van der Waals surface area contributed by atoms with Crippen LogP contribution in [-0.2, 0) is 4.79 Å². The van der Waals surface area contributed by atoms with Crippen LogP contribution in [0.5, 0.6) is 0 Å². The summed E-state index contributed by atoms with van der Waals surface area (Å²) in [4.78, 5) is 12.2. The van der Waals surface area contributed by atoms with Gasteiger partial charge < -0.3 is 5.32 Å². The molecular formula is C17H19NO. The monoisotopic (exact) mass is 253 g/mol. The molecule has 0 saturated heterocycles. The summed E-state index contributed by atoms with van der Waals surface area (Å²) in [6, 6.07) is 15.8. The Bertz CT molecular complexity index is 575. The summed E-state index contributed by atoms with van der Waals surface area (Å²) in [5.41, 5.74) is 4.30. The molecule has 0 aliphatic carbocycles. The largest absolute Gasteiger partial charge is 0.326 e. The molecule has 0 spiro atoms. The molecule has 0 heterocycles. The Labute approximate surface area is 114 Å². The fraction of sp³-hybridized carbons (Fsp3) is 0.235. The van der Waals surface area contributed by atoms with Crippen molar-refractivity contribution in [3.8, 4) is 0 Å². The molecule has 1 amide bonds. The summed E-state index contributed by atoms with van der Waals surface area (Å²) in [5, 5.41) is 2.97. The van der Waals surface area contributed by atoms with E-state index in [1.807, 2.05) is 62.4 Å². The Hall–Kier alpha value is -2.09. The lowest BCUT2D eigenvalue weighted by atomic mass is 10.0. The zero-order chi connectivity index (χ0) is 13.8. The summed E-state index contributed by atoms with van der Waals surface area (Å²) >= 11 is 0. The molecule has 1 unspecified atom stereocenters. The van der Waals surface area contributed by atoms with Gasteiger partial charge in [0.25, 0.3) is 0 Å². The minimum absolute atomic E-state index is 0.0226. The van der Waals surface area contributed by atoms with Crippen LogP contribution in [0, 0.1) is 13.8 Å². The van der Waals surface area contributed by atoms with Gasteiger partial charge in [0.1, 0.15) is 0 Å². The molecule has 2 rings (SSSR count). The lowest BCUT2D eigenvalue weighted by Crippen LogP contribution is -2.18. The van der Waals surface area contributed by atoms with Gasteiger partial charge in [0.2, 0.25) is 5.91 Å². The van der Waals surface area contributed by atoms with Crippen LogP contribution in [0.3, 0.4) is 0 Å². The summed E-state index contributed by atoms with van der Waals surface area (Å²) in [6.07, 6.45) is 0. The molecule has 0 aliphatic rings. The summed E-state index contributed by atoms with van der Waals surface area (Å²) in [7, 11) is 0. The molecule has 0 saturated carbocycles. The van der Waals surface area contributed by atoms with E-state index in [0.29, 0.717) is 0 Å². The van der Waals surface area contributed by atoms with Gasteiger partial charge in [-0.1, -0.05) is 36.4 Å². The first kappa shape index (κ1) is 13.3. The molecule has 0 aromatic heterocycles. The van der Waals surface area contributed by atoms with E-state index in [1.54, 1.807) is 0 Å². The van der Waals surface area contributed by atoms with Crippen molar-refractivity contribution in [3.63, 3.8) is 0 Å². The molecule has 0 radical (unpaired) electrons. The molecule has 0 aliphatic heterocycles. The first-order valence-corrected chi connectivity index (χ1v) is 6.51. The van der Waals surface area contributed by atoms with E-state index in [2.05, 4.69) is 12.2 Å². The van der Waals surface area contributed by atoms with Crippen LogP contribution in [-0.4, -0.2) is 5.91 Å². The van der Waals surface area contributed by atoms with E-state index < -0.39 is 0 Å². The summed E-state index contributed by atoms with van der Waals surface area (Å²) in [6.45, 7) is 6.03. The first-order chi connectivity index (χ1) is 9.08. The van der Waals surface area contributed by atoms with Gasteiger partial charge in [-0.2, -0.15) is 0 Å². The van der Waals surface area contributed by atoms with Gasteiger partial charge in [-0.25, -0.2) is 0 Å². The third-order valence-corrected chi connectivity index (χ3v) is 3.47. The van der Waals surface area contributed by atoms with E-state index in [4.69, 9.17) is 0 Å². The van der Waals surface area contributed by atoms with Gasteiger partial charge in [0.15, 0.2) is 0 Å². The predicted molar refractivity (Wildman–Crippen MR) is 79.4 cm³/mol. The van der Waals surface area contributed by atoms with Crippen molar-refractivity contribution in [2.45, 2.75) is 26.7 Å². The van der Waals surface area contributed by atoms with Gasteiger partial charge in [0, 0.05) is 5.69 Å². The van der Waals surface area contributed by atoms with Gasteiger partial charge in [0.05, 0.1) is 5.92 Å². The molecule has 1 atom stereocenters. The van der Waals surface area contributed by atoms with Crippen molar-refractivity contribution in [1.82, 2.24) is 0 Å². The maximum atomic E-state index is 12.2. The molecular weight excluding hydrogens is 234 g/mol. The van der Waals surface area contributed by atoms with Crippen LogP contribution >= 0.6 is 0 Å². The number of anilines is 1. The Morgan fingerprint density at radius 3 is 2.32 bits per heavy atom. The zero-order valence-corrected chi connectivity index (χ0v) is 11.6. The quantitative estimate of drug-likeness (QED) is 0.878. The maximum Gasteiger partial charge on any atom is 0.231 e. The third kappa shape index (κ3) is 3.22. The average molecular weight is 253 g/mol. The van der Waals surface area contributed by atoms with Gasteiger partial charge >= 0.3 is 0 Å². The Balaban J connectivity index is 2.10. The molecule has 0 fully saturated rings. The Morgan fingerprint density at radius 1 is 1.00 bits per heavy atom. The summed E-state index contributed by atoms with van der Waals surface area (Å²) < 4.78 is 0. The molecule has 2 aromatic carbocycles. The highest BCUT2D eigenvalue weighted by Crippen LogP contribution is 2.19. The van der Waals surface area contributed by atoms with E-state index >= 15 is 0 Å². The second-order valence-corrected chi connectivity index (χ2v) is 4.92. The van der Waals surface area contributed by atoms with Crippen LogP contribution in [0.4, 0.5) is 5.69 Å². The lowest BCUT2D eigenvalue weighted by molar-refractivity contribution is -0.117. The average Bonchev–Trinajstić information content (AvgIpc) is 2.43. The third-order valence-electron chi connectivity index (χ3n) is 3.47. The van der Waals surface area contributed by atoms with Crippen LogP contribution in [0.25, 0.3) is 0 Å². The highest BCUT2D eigenvalue weighted by Gasteiger charge is 2.14. The Morgan fingerprint density at radius 2 is 1.68 bits per heavy atom. The number of nitrogens with one attached hydrogen (secondary N) is 1. The topological polar surface area (TPSA) is 29.1 Å². The van der Waals surface area contributed by atoms with Gasteiger partial charge in [-0.15, -0.1) is 0 Å². The number of rotatable bonds is 3. The van der Waals surface area contributed by atoms with E-state index in [0.717, 1.165) is 11.3 Å². The zero-order valence-electron chi connectivity index (χ0n) is 11.6. The van der Waals surface area contributed by atoms with E-state index in [1.165, 1.54) is 11.1 Å². The molecule has 2 aromatic rings. The number of carbonyl (C=O) groups excluding carboxylic acids is 1. The highest BCUT2D eigenvalue weighted by atomic mass is 16.1. The van der Waals surface area contributed by atoms with Gasteiger partial charge in [-0.3, -0.25) is 4.79 Å². The Kier molecular flexibility index (Phi) is 4.00. The smallest absolute Gasteiger partial charge is 0.231 e. The lowest BCUT2D eigenvalue weighted by Gasteiger charge is -2.13. The molecule has 2 heteroatoms. The predicted octanol–water partition coefficient (Wildman–Crippen LogP) is 4.05. The number of carbonyl (C=O) groups is 1. The van der Waals surface area contributed by atoms with Crippen molar-refractivity contribution in [1.29, 1.82) is 0 Å². The second kappa shape index (κ2) is 5.70. The second-order valence-electron chi connectivity index (χ2n) is 4.92. The summed E-state index contributed by atoms with van der Waals surface area (Å²) in [5.74, 6) is -0.128. The van der Waals surface area contributed by atoms with Crippen LogP contribution in [0.15, 0.2) is 48.5 Å². The SMILES string of the molecule is Cc1ccc(NC(=O)C(C)c2ccccc2)cc1C. The van der Waals surface area contributed by atoms with Crippen LogP contribution < -0.4 is 5.32 Å². The van der Waals surface area contributed by atoms with Crippen LogP contribution in [0.2, 0.25) is 0 Å². The van der Waals surface area contributed by atoms with Crippen molar-refractivity contribution < 1.29 is 4.79 Å². The number of aryl methyl sites for hydroxylation is 2. The fourth-order valence-corrected chi connectivity index (χ4v) is 1.96. The van der Waals surface area contributed by atoms with Gasteiger partial charge in [-0.05, 0) is 49.6 Å². The van der Waals surface area contributed by atoms with Crippen LogP contribution in [0.1, 0.15) is 29.5 Å². The minimum Gasteiger partial charge on any atom is -0.326 e. The maximum absolute atomic E-state index is 12.2. The van der Waals surface area contributed by atoms with Crippen molar-refractivity contribution >= 4 is 11.6 Å². The van der Waals surface area contributed by atoms with E-state index in [-0.39, 0.29) is 11.8 Å². The number of benzene rings is 2. The molecule has 98 valence electrons. The normalized spacial score (nSPS) is 11.9. The van der Waals surface area contributed by atoms with Crippen molar-refractivity contribution in [3.05, 3.63) is 65.2 Å². The fourth-order valence-electron chi connectivity index (χ4n) is 1.96. The first-order valence-electron chi connectivity index (χ1n) is 6.51. The van der Waals surface area contributed by atoms with Crippen molar-refractivity contribution in [2.24, 2.45) is 0 Å². The van der Waals surface area contributed by atoms with Crippen molar-refractivity contribution in [2.75, 3.05) is 5.32 Å². The number of amides is 1. The molecule has 2 nitrogen and oxygen atoms in total. The molecule has 0 bridgehead atoms. The molecule has 19 heavy (non-hydrogen) atoms. The minimum atomic E-state index is -0.150. The standard InChI is InChI=1S/C17H19NO/c1-12-9-10-16(11-13(12)2)18-17(19)14(3)15-7-5-4-6-8-15/h4-11,14H,1-3H3,(H,18,19). The number of hydrogen-bond acceptors (Lipinski definition) is 1. The number of hydrogen-bond donors (Lipinski definition) is 1. The molecule has 1 N–H and O–H groups in total. The van der Waals surface area contributed by atoms with E-state index in [9.17, 15) is 4.79 Å².